The fourth-order valence-electron chi connectivity index (χ4n) is 2.67. The minimum atomic E-state index is 0.0852. The van der Waals surface area contributed by atoms with Gasteiger partial charge in [0.05, 0.1) is 5.60 Å². The number of nitrogens with two attached hydrogens (primary N) is 1. The van der Waals surface area contributed by atoms with Gasteiger partial charge in [-0.2, -0.15) is 0 Å². The van der Waals surface area contributed by atoms with Gasteiger partial charge in [-0.15, -0.1) is 11.3 Å². The number of ether oxygens (including phenoxy) is 1. The quantitative estimate of drug-likeness (QED) is 0.590. The van der Waals surface area contributed by atoms with Gasteiger partial charge < -0.3 is 4.74 Å². The Bertz CT molecular complexity index is 368. The van der Waals surface area contributed by atoms with Crippen LogP contribution in [-0.4, -0.2) is 18.8 Å². The van der Waals surface area contributed by atoms with Crippen molar-refractivity contribution in [3.05, 3.63) is 21.9 Å². The monoisotopic (exact) mass is 268 g/mol. The highest BCUT2D eigenvalue weighted by Crippen LogP contribution is 2.39. The third-order valence-electron chi connectivity index (χ3n) is 4.07. The summed E-state index contributed by atoms with van der Waals surface area (Å²) in [5.74, 6) is 5.70. The molecule has 0 amide bonds. The van der Waals surface area contributed by atoms with E-state index < -0.39 is 0 Å². The number of hydrogen-bond acceptors (Lipinski definition) is 4. The Balaban J connectivity index is 1.92. The molecule has 4 heteroatoms. The van der Waals surface area contributed by atoms with Crippen molar-refractivity contribution >= 4 is 11.3 Å². The zero-order chi connectivity index (χ0) is 13.0. The lowest BCUT2D eigenvalue weighted by atomic mass is 9.75. The van der Waals surface area contributed by atoms with Gasteiger partial charge in [-0.25, -0.2) is 0 Å². The van der Waals surface area contributed by atoms with Crippen LogP contribution in [0.2, 0.25) is 0 Å². The summed E-state index contributed by atoms with van der Waals surface area (Å²) >= 11 is 1.90. The lowest BCUT2D eigenvalue weighted by Crippen LogP contribution is -2.48. The number of rotatable bonds is 7. The van der Waals surface area contributed by atoms with E-state index in [1.165, 1.54) is 29.0 Å². The number of aryl methyl sites for hydroxylation is 1. The largest absolute Gasteiger partial charge is 0.378 e. The second kappa shape index (κ2) is 6.15. The first-order valence-corrected chi connectivity index (χ1v) is 7.62. The fraction of sp³-hybridized carbons (Fsp3) is 0.714. The summed E-state index contributed by atoms with van der Waals surface area (Å²) in [6.45, 7) is 2.20. The highest BCUT2D eigenvalue weighted by Gasteiger charge is 2.38. The molecule has 102 valence electrons. The number of thiophene rings is 1. The molecule has 2 rings (SSSR count). The Morgan fingerprint density at radius 2 is 2.17 bits per heavy atom. The van der Waals surface area contributed by atoms with E-state index in [2.05, 4.69) is 24.5 Å². The molecule has 1 atom stereocenters. The molecule has 1 fully saturated rings. The van der Waals surface area contributed by atoms with E-state index in [9.17, 15) is 0 Å². The van der Waals surface area contributed by atoms with Crippen LogP contribution in [0.15, 0.2) is 12.1 Å². The Labute approximate surface area is 114 Å². The summed E-state index contributed by atoms with van der Waals surface area (Å²) in [7, 11) is 1.83. The average Bonchev–Trinajstić information content (AvgIpc) is 2.80. The molecule has 1 aromatic heterocycles. The molecule has 3 N–H and O–H groups in total. The fourth-order valence-corrected chi connectivity index (χ4v) is 3.70. The normalized spacial score (nSPS) is 19.5. The average molecular weight is 268 g/mol. The van der Waals surface area contributed by atoms with E-state index >= 15 is 0 Å². The van der Waals surface area contributed by atoms with Crippen LogP contribution in [0.3, 0.4) is 0 Å². The topological polar surface area (TPSA) is 47.3 Å². The predicted octanol–water partition coefficient (Wildman–Crippen LogP) is 2.64. The molecular formula is C14H24N2OS. The molecule has 0 radical (unpaired) electrons. The molecule has 1 heterocycles. The number of nitrogens with one attached hydrogen (secondary N) is 1. The maximum absolute atomic E-state index is 5.70. The van der Waals surface area contributed by atoms with Crippen LogP contribution in [0.1, 0.15) is 42.4 Å². The van der Waals surface area contributed by atoms with Crippen LogP contribution in [-0.2, 0) is 17.6 Å². The second-order valence-corrected chi connectivity index (χ2v) is 6.49. The van der Waals surface area contributed by atoms with Crippen molar-refractivity contribution in [3.8, 4) is 0 Å². The molecular weight excluding hydrogens is 244 g/mol. The predicted molar refractivity (Wildman–Crippen MR) is 76.7 cm³/mol. The molecule has 1 aromatic rings. The molecule has 0 aromatic carbocycles. The Hall–Kier alpha value is -0.420. The zero-order valence-electron chi connectivity index (χ0n) is 11.4. The van der Waals surface area contributed by atoms with Crippen LogP contribution in [0.5, 0.6) is 0 Å². The van der Waals surface area contributed by atoms with Gasteiger partial charge in [0.2, 0.25) is 0 Å². The van der Waals surface area contributed by atoms with Gasteiger partial charge in [0, 0.05) is 22.9 Å². The number of methoxy groups -OCH3 is 1. The van der Waals surface area contributed by atoms with Gasteiger partial charge in [0.25, 0.3) is 0 Å². The summed E-state index contributed by atoms with van der Waals surface area (Å²) in [4.78, 5) is 2.87. The summed E-state index contributed by atoms with van der Waals surface area (Å²) in [6, 6.07) is 4.77. The van der Waals surface area contributed by atoms with Gasteiger partial charge >= 0.3 is 0 Å². The van der Waals surface area contributed by atoms with E-state index in [0.29, 0.717) is 6.04 Å². The van der Waals surface area contributed by atoms with Crippen LogP contribution < -0.4 is 11.3 Å². The van der Waals surface area contributed by atoms with Crippen molar-refractivity contribution in [2.45, 2.75) is 57.1 Å². The van der Waals surface area contributed by atoms with E-state index in [1.807, 2.05) is 18.4 Å². The lowest BCUT2D eigenvalue weighted by Gasteiger charge is -2.42. The van der Waals surface area contributed by atoms with E-state index in [4.69, 9.17) is 10.6 Å². The van der Waals surface area contributed by atoms with Gasteiger partial charge in [-0.05, 0) is 50.7 Å². The summed E-state index contributed by atoms with van der Waals surface area (Å²) in [6.07, 6.45) is 6.77. The highest BCUT2D eigenvalue weighted by molar-refractivity contribution is 7.11. The van der Waals surface area contributed by atoms with Gasteiger partial charge in [-0.3, -0.25) is 11.3 Å². The highest BCUT2D eigenvalue weighted by atomic mass is 32.1. The number of hydrogen-bond donors (Lipinski definition) is 2. The van der Waals surface area contributed by atoms with Crippen LogP contribution in [0.4, 0.5) is 0 Å². The molecule has 1 unspecified atom stereocenters. The Morgan fingerprint density at radius 3 is 2.61 bits per heavy atom. The molecule has 1 aliphatic rings. The molecule has 0 bridgehead atoms. The van der Waals surface area contributed by atoms with Crippen molar-refractivity contribution < 1.29 is 4.74 Å². The van der Waals surface area contributed by atoms with Crippen LogP contribution in [0.25, 0.3) is 0 Å². The summed E-state index contributed by atoms with van der Waals surface area (Å²) in [5, 5.41) is 0. The first-order valence-electron chi connectivity index (χ1n) is 6.80. The minimum absolute atomic E-state index is 0.0852. The summed E-state index contributed by atoms with van der Waals surface area (Å²) in [5.41, 5.74) is 3.05. The first kappa shape index (κ1) is 14.0. The van der Waals surface area contributed by atoms with Gasteiger partial charge in [0.15, 0.2) is 0 Å². The van der Waals surface area contributed by atoms with Crippen molar-refractivity contribution in [3.63, 3.8) is 0 Å². The molecule has 0 aliphatic heterocycles. The number of hydrazine groups is 1. The van der Waals surface area contributed by atoms with Crippen molar-refractivity contribution in [2.75, 3.05) is 7.11 Å². The smallest absolute Gasteiger partial charge is 0.0694 e. The lowest BCUT2D eigenvalue weighted by molar-refractivity contribution is -0.0834. The van der Waals surface area contributed by atoms with Gasteiger partial charge in [0.1, 0.15) is 0 Å². The molecule has 1 aliphatic carbocycles. The molecule has 18 heavy (non-hydrogen) atoms. The molecule has 3 nitrogen and oxygen atoms in total. The van der Waals surface area contributed by atoms with Crippen LogP contribution >= 0.6 is 11.3 Å². The maximum Gasteiger partial charge on any atom is 0.0694 e. The van der Waals surface area contributed by atoms with E-state index in [-0.39, 0.29) is 5.60 Å². The Morgan fingerprint density at radius 1 is 1.44 bits per heavy atom. The third kappa shape index (κ3) is 3.12. The maximum atomic E-state index is 5.70. The van der Waals surface area contributed by atoms with Crippen LogP contribution in [0, 0.1) is 0 Å². The third-order valence-corrected chi connectivity index (χ3v) is 5.32. The SMILES string of the molecule is CCc1ccc(CC(CC2(OC)CCC2)NN)s1. The van der Waals surface area contributed by atoms with Gasteiger partial charge in [-0.1, -0.05) is 6.92 Å². The molecule has 1 saturated carbocycles. The second-order valence-electron chi connectivity index (χ2n) is 5.23. The van der Waals surface area contributed by atoms with Crippen molar-refractivity contribution in [1.29, 1.82) is 0 Å². The first-order chi connectivity index (χ1) is 8.71. The van der Waals surface area contributed by atoms with E-state index in [1.54, 1.807) is 0 Å². The molecule has 0 saturated heterocycles. The van der Waals surface area contributed by atoms with Crippen molar-refractivity contribution in [1.82, 2.24) is 5.43 Å². The summed E-state index contributed by atoms with van der Waals surface area (Å²) < 4.78 is 5.68. The minimum Gasteiger partial charge on any atom is -0.378 e. The standard InChI is InChI=1S/C14H24N2OS/c1-3-12-5-6-13(18-12)9-11(16-15)10-14(17-2)7-4-8-14/h5-6,11,16H,3-4,7-10,15H2,1-2H3. The molecule has 0 spiro atoms. The Kier molecular flexibility index (Phi) is 4.78. The van der Waals surface area contributed by atoms with Crippen molar-refractivity contribution in [2.24, 2.45) is 5.84 Å². The van der Waals surface area contributed by atoms with E-state index in [0.717, 1.165) is 19.3 Å². The zero-order valence-corrected chi connectivity index (χ0v) is 12.2.